The summed E-state index contributed by atoms with van der Waals surface area (Å²) in [6.07, 6.45) is 1.89. The quantitative estimate of drug-likeness (QED) is 0.804. The molecule has 1 aromatic carbocycles. The summed E-state index contributed by atoms with van der Waals surface area (Å²) in [6.45, 7) is -0.149. The van der Waals surface area contributed by atoms with Crippen LogP contribution in [0.4, 0.5) is 8.78 Å². The monoisotopic (exact) mass is 320 g/mol. The van der Waals surface area contributed by atoms with Crippen molar-refractivity contribution in [2.75, 3.05) is 6.61 Å². The van der Waals surface area contributed by atoms with Gasteiger partial charge in [-0.05, 0) is 25.0 Å². The Hall–Kier alpha value is -1.74. The van der Waals surface area contributed by atoms with Crippen molar-refractivity contribution in [3.63, 3.8) is 0 Å². The third-order valence-corrected chi connectivity index (χ3v) is 3.78. The number of sulfonamides is 1. The van der Waals surface area contributed by atoms with Gasteiger partial charge in [0.25, 0.3) is 0 Å². The molecule has 0 atom stereocenters. The molecule has 0 aliphatic heterocycles. The molecule has 2 rings (SSSR count). The van der Waals surface area contributed by atoms with E-state index < -0.39 is 32.3 Å². The summed E-state index contributed by atoms with van der Waals surface area (Å²) in [7, 11) is -4.35. The van der Waals surface area contributed by atoms with E-state index in [0.29, 0.717) is 0 Å². The minimum Gasteiger partial charge on any atom is -0.490 e. The fourth-order valence-corrected chi connectivity index (χ4v) is 2.22. The number of benzene rings is 1. The van der Waals surface area contributed by atoms with E-state index in [-0.39, 0.29) is 25.0 Å². The Morgan fingerprint density at radius 2 is 2.00 bits per heavy atom. The highest BCUT2D eigenvalue weighted by atomic mass is 32.2. The van der Waals surface area contributed by atoms with Crippen molar-refractivity contribution in [1.29, 1.82) is 0 Å². The number of hydrogen-bond acceptors (Lipinski definition) is 4. The lowest BCUT2D eigenvalue weighted by Crippen LogP contribution is -2.26. The number of carbonyl (C=O) groups is 1. The molecule has 116 valence electrons. The fourth-order valence-electron chi connectivity index (χ4n) is 1.63. The molecule has 0 bridgehead atoms. The lowest BCUT2D eigenvalue weighted by atomic mass is 10.3. The van der Waals surface area contributed by atoms with Gasteiger partial charge in [-0.3, -0.25) is 4.79 Å². The first-order valence-electron chi connectivity index (χ1n) is 6.22. The van der Waals surface area contributed by atoms with Crippen LogP contribution in [0.2, 0.25) is 0 Å². The Labute approximate surface area is 120 Å². The largest absolute Gasteiger partial charge is 0.490 e. The van der Waals surface area contributed by atoms with Gasteiger partial charge in [-0.25, -0.2) is 17.9 Å². The molecule has 0 unspecified atom stereocenters. The van der Waals surface area contributed by atoms with Crippen LogP contribution in [0.25, 0.3) is 0 Å². The predicted octanol–water partition coefficient (Wildman–Crippen LogP) is 0.660. The van der Waals surface area contributed by atoms with Crippen molar-refractivity contribution in [3.05, 3.63) is 23.8 Å². The molecule has 1 fully saturated rings. The molecule has 0 spiro atoms. The maximum absolute atomic E-state index is 13.6. The lowest BCUT2D eigenvalue weighted by Gasteiger charge is -2.09. The third kappa shape index (κ3) is 4.11. The maximum atomic E-state index is 13.6. The number of nitrogens with two attached hydrogens (primary N) is 1. The second kappa shape index (κ2) is 5.94. The second-order valence-electron chi connectivity index (χ2n) is 4.68. The van der Waals surface area contributed by atoms with E-state index in [4.69, 9.17) is 9.88 Å². The first-order valence-corrected chi connectivity index (χ1v) is 7.76. The van der Waals surface area contributed by atoms with E-state index in [0.717, 1.165) is 25.0 Å². The zero-order chi connectivity index (χ0) is 15.6. The van der Waals surface area contributed by atoms with Crippen molar-refractivity contribution in [3.8, 4) is 5.75 Å². The van der Waals surface area contributed by atoms with Crippen LogP contribution >= 0.6 is 0 Å². The molecule has 1 saturated carbocycles. The van der Waals surface area contributed by atoms with Gasteiger partial charge < -0.3 is 10.1 Å². The average molecular weight is 320 g/mol. The lowest BCUT2D eigenvalue weighted by molar-refractivity contribution is -0.121. The molecule has 21 heavy (non-hydrogen) atoms. The molecule has 1 aliphatic rings. The number of carbonyl (C=O) groups excluding carboxylic acids is 1. The second-order valence-corrected chi connectivity index (χ2v) is 6.20. The van der Waals surface area contributed by atoms with Crippen LogP contribution in [0, 0.1) is 11.6 Å². The molecule has 3 N–H and O–H groups in total. The minimum absolute atomic E-state index is 0.00546. The van der Waals surface area contributed by atoms with Gasteiger partial charge >= 0.3 is 0 Å². The molecule has 1 amide bonds. The Kier molecular flexibility index (Phi) is 4.43. The van der Waals surface area contributed by atoms with Crippen molar-refractivity contribution in [2.45, 2.75) is 30.2 Å². The molecule has 0 heterocycles. The van der Waals surface area contributed by atoms with Gasteiger partial charge in [0.15, 0.2) is 11.6 Å². The first kappa shape index (κ1) is 15.6. The van der Waals surface area contributed by atoms with E-state index in [1.807, 2.05) is 0 Å². The van der Waals surface area contributed by atoms with E-state index in [1.54, 1.807) is 0 Å². The molecule has 0 radical (unpaired) electrons. The third-order valence-electron chi connectivity index (χ3n) is 2.85. The standard InChI is InChI=1S/C12H14F2N2O4S/c13-11-8(3-4-9(12(11)14)21(15,18)19)20-6-5-10(17)16-7-1-2-7/h3-4,7H,1-2,5-6H2,(H,16,17)(H2,15,18,19). The summed E-state index contributed by atoms with van der Waals surface area (Å²) in [5.41, 5.74) is 0. The summed E-state index contributed by atoms with van der Waals surface area (Å²) in [5.74, 6) is -3.76. The summed E-state index contributed by atoms with van der Waals surface area (Å²) < 4.78 is 54.1. The average Bonchev–Trinajstić information content (AvgIpc) is 3.17. The number of amides is 1. The van der Waals surface area contributed by atoms with Crippen LogP contribution in [0.1, 0.15) is 19.3 Å². The van der Waals surface area contributed by atoms with Crippen LogP contribution < -0.4 is 15.2 Å². The topological polar surface area (TPSA) is 98.5 Å². The van der Waals surface area contributed by atoms with E-state index in [2.05, 4.69) is 5.32 Å². The van der Waals surface area contributed by atoms with Gasteiger partial charge in [-0.1, -0.05) is 0 Å². The van der Waals surface area contributed by atoms with Crippen molar-refractivity contribution in [2.24, 2.45) is 5.14 Å². The zero-order valence-corrected chi connectivity index (χ0v) is 11.8. The molecular weight excluding hydrogens is 306 g/mol. The first-order chi connectivity index (χ1) is 9.79. The molecule has 6 nitrogen and oxygen atoms in total. The normalized spacial score (nSPS) is 14.8. The highest BCUT2D eigenvalue weighted by molar-refractivity contribution is 7.89. The Morgan fingerprint density at radius 1 is 1.33 bits per heavy atom. The Bertz CT molecular complexity index is 659. The van der Waals surface area contributed by atoms with Crippen LogP contribution in [-0.4, -0.2) is 27.0 Å². The van der Waals surface area contributed by atoms with Gasteiger partial charge in [-0.2, -0.15) is 4.39 Å². The SMILES string of the molecule is NS(=O)(=O)c1ccc(OCCC(=O)NC2CC2)c(F)c1F. The van der Waals surface area contributed by atoms with Crippen molar-refractivity contribution in [1.82, 2.24) is 5.32 Å². The predicted molar refractivity (Wildman–Crippen MR) is 69.0 cm³/mol. The molecule has 9 heteroatoms. The van der Waals surface area contributed by atoms with Crippen molar-refractivity contribution < 1.29 is 26.7 Å². The van der Waals surface area contributed by atoms with Gasteiger partial charge in [0.1, 0.15) is 4.90 Å². The van der Waals surface area contributed by atoms with Gasteiger partial charge in [0.05, 0.1) is 13.0 Å². The number of nitrogens with one attached hydrogen (secondary N) is 1. The smallest absolute Gasteiger partial charge is 0.241 e. The van der Waals surface area contributed by atoms with Gasteiger partial charge in [0.2, 0.25) is 21.7 Å². The number of rotatable bonds is 6. The molecule has 1 aromatic rings. The Balaban J connectivity index is 1.97. The highest BCUT2D eigenvalue weighted by Gasteiger charge is 2.24. The van der Waals surface area contributed by atoms with Crippen LogP contribution in [-0.2, 0) is 14.8 Å². The maximum Gasteiger partial charge on any atom is 0.241 e. The molecular formula is C12H14F2N2O4S. The summed E-state index contributed by atoms with van der Waals surface area (Å²) >= 11 is 0. The van der Waals surface area contributed by atoms with Gasteiger partial charge in [0, 0.05) is 6.04 Å². The van der Waals surface area contributed by atoms with Crippen LogP contribution in [0.5, 0.6) is 5.75 Å². The van der Waals surface area contributed by atoms with Crippen molar-refractivity contribution >= 4 is 15.9 Å². The van der Waals surface area contributed by atoms with E-state index in [9.17, 15) is 22.0 Å². The van der Waals surface area contributed by atoms with Gasteiger partial charge in [-0.15, -0.1) is 0 Å². The fraction of sp³-hybridized carbons (Fsp3) is 0.417. The number of halogens is 2. The zero-order valence-electron chi connectivity index (χ0n) is 10.9. The minimum atomic E-state index is -4.35. The summed E-state index contributed by atoms with van der Waals surface area (Å²) in [4.78, 5) is 10.4. The summed E-state index contributed by atoms with van der Waals surface area (Å²) in [5, 5.41) is 7.45. The number of ether oxygens (including phenoxy) is 1. The molecule has 0 saturated heterocycles. The van der Waals surface area contributed by atoms with E-state index in [1.165, 1.54) is 0 Å². The van der Waals surface area contributed by atoms with E-state index >= 15 is 0 Å². The van der Waals surface area contributed by atoms with Crippen LogP contribution in [0.3, 0.4) is 0 Å². The molecule has 1 aliphatic carbocycles. The summed E-state index contributed by atoms with van der Waals surface area (Å²) in [6, 6.07) is 1.98. The number of primary sulfonamides is 1. The number of hydrogen-bond donors (Lipinski definition) is 2. The van der Waals surface area contributed by atoms with Crippen LogP contribution in [0.15, 0.2) is 17.0 Å². The highest BCUT2D eigenvalue weighted by Crippen LogP contribution is 2.25. The Morgan fingerprint density at radius 3 is 2.57 bits per heavy atom. The molecule has 0 aromatic heterocycles.